The van der Waals surface area contributed by atoms with Crippen molar-refractivity contribution in [3.63, 3.8) is 0 Å². The van der Waals surface area contributed by atoms with E-state index in [0.29, 0.717) is 40.4 Å². The normalized spacial score (nSPS) is 14.5. The molecule has 0 radical (unpaired) electrons. The number of anilines is 1. The van der Waals surface area contributed by atoms with Crippen molar-refractivity contribution < 1.29 is 18.3 Å². The van der Waals surface area contributed by atoms with Gasteiger partial charge in [-0.25, -0.2) is 9.78 Å². The molecule has 0 fully saturated rings. The van der Waals surface area contributed by atoms with Crippen molar-refractivity contribution in [1.29, 1.82) is 0 Å². The molecule has 0 unspecified atom stereocenters. The zero-order valence-electron chi connectivity index (χ0n) is 23.1. The molecule has 0 aliphatic carbocycles. The number of aryl methyl sites for hydroxylation is 1. The number of aromatic amines is 1. The van der Waals surface area contributed by atoms with E-state index in [-0.39, 0.29) is 28.5 Å². The number of fused-ring (bicyclic) bond motifs is 1. The second-order valence-corrected chi connectivity index (χ2v) is 11.3. The zero-order valence-corrected chi connectivity index (χ0v) is 23.9. The molecule has 0 saturated heterocycles. The van der Waals surface area contributed by atoms with Crippen molar-refractivity contribution in [3.8, 4) is 28.2 Å². The molecular formula is C28H24ClF2N9O3. The average molecular weight is 608 g/mol. The largest absolute Gasteiger partial charge is 0.444 e. The number of amides is 1. The maximum absolute atomic E-state index is 15.2. The maximum atomic E-state index is 15.2. The molecule has 0 bridgehead atoms. The fourth-order valence-electron chi connectivity index (χ4n) is 5.04. The van der Waals surface area contributed by atoms with Crippen molar-refractivity contribution in [2.45, 2.75) is 45.3 Å². The van der Waals surface area contributed by atoms with Crippen molar-refractivity contribution >= 4 is 23.5 Å². The summed E-state index contributed by atoms with van der Waals surface area (Å²) in [5, 5.41) is 14.1. The molecule has 5 heterocycles. The summed E-state index contributed by atoms with van der Waals surface area (Å²) in [4.78, 5) is 35.9. The number of hydrogen-bond donors (Lipinski definition) is 2. The van der Waals surface area contributed by atoms with Crippen LogP contribution in [0.25, 0.3) is 28.2 Å². The quantitative estimate of drug-likeness (QED) is 0.263. The third-order valence-corrected chi connectivity index (χ3v) is 6.99. The number of aromatic nitrogens is 8. The summed E-state index contributed by atoms with van der Waals surface area (Å²) in [7, 11) is 0. The van der Waals surface area contributed by atoms with Gasteiger partial charge in [0.1, 0.15) is 23.6 Å². The molecule has 5 aromatic rings. The Labute approximate surface area is 247 Å². The van der Waals surface area contributed by atoms with Crippen molar-refractivity contribution in [2.24, 2.45) is 0 Å². The summed E-state index contributed by atoms with van der Waals surface area (Å²) in [5.41, 5.74) is 1.36. The van der Waals surface area contributed by atoms with E-state index in [1.54, 1.807) is 39.0 Å². The van der Waals surface area contributed by atoms with E-state index in [0.717, 1.165) is 0 Å². The molecule has 12 nitrogen and oxygen atoms in total. The molecule has 220 valence electrons. The monoisotopic (exact) mass is 607 g/mol. The fraction of sp³-hybridized carbons (Fsp3) is 0.250. The highest BCUT2D eigenvalue weighted by Gasteiger charge is 2.31. The first-order chi connectivity index (χ1) is 20.5. The first-order valence-corrected chi connectivity index (χ1v) is 13.6. The number of carbonyl (C=O) groups is 1. The first-order valence-electron chi connectivity index (χ1n) is 13.2. The Balaban J connectivity index is 1.30. The molecule has 15 heteroatoms. The molecule has 1 aliphatic rings. The van der Waals surface area contributed by atoms with E-state index in [2.05, 4.69) is 35.8 Å². The van der Waals surface area contributed by atoms with Gasteiger partial charge in [0.05, 0.1) is 23.0 Å². The number of benzene rings is 1. The smallest absolute Gasteiger partial charge is 0.413 e. The number of nitrogens with one attached hydrogen (secondary N) is 2. The van der Waals surface area contributed by atoms with Gasteiger partial charge in [-0.05, 0) is 86.0 Å². The second-order valence-electron chi connectivity index (χ2n) is 10.9. The molecule has 43 heavy (non-hydrogen) atoms. The predicted octanol–water partition coefficient (Wildman–Crippen LogP) is 5.09. The summed E-state index contributed by atoms with van der Waals surface area (Å²) < 4.78 is 38.3. The van der Waals surface area contributed by atoms with Crippen LogP contribution in [0.1, 0.15) is 44.6 Å². The molecule has 1 aromatic carbocycles. The summed E-state index contributed by atoms with van der Waals surface area (Å²) in [6.07, 6.45) is 1.52. The minimum atomic E-state index is -0.984. The van der Waals surface area contributed by atoms with Gasteiger partial charge >= 0.3 is 6.09 Å². The number of ether oxygens (including phenoxy) is 1. The summed E-state index contributed by atoms with van der Waals surface area (Å²) in [5.74, 6) is -2.04. The van der Waals surface area contributed by atoms with Crippen LogP contribution in [0.4, 0.5) is 19.4 Å². The lowest BCUT2D eigenvalue weighted by molar-refractivity contribution is 0.0635. The molecule has 1 aliphatic heterocycles. The van der Waals surface area contributed by atoms with Gasteiger partial charge in [0.25, 0.3) is 5.56 Å². The summed E-state index contributed by atoms with van der Waals surface area (Å²) in [6.45, 7) is 5.07. The molecular weight excluding hydrogens is 584 g/mol. The molecule has 0 spiro atoms. The highest BCUT2D eigenvalue weighted by Crippen LogP contribution is 2.35. The van der Waals surface area contributed by atoms with Crippen molar-refractivity contribution in [1.82, 2.24) is 39.7 Å². The van der Waals surface area contributed by atoms with E-state index in [4.69, 9.17) is 16.3 Å². The predicted molar refractivity (Wildman–Crippen MR) is 152 cm³/mol. The Morgan fingerprint density at radius 3 is 2.63 bits per heavy atom. The second kappa shape index (κ2) is 10.7. The van der Waals surface area contributed by atoms with Crippen LogP contribution in [0.2, 0.25) is 5.02 Å². The van der Waals surface area contributed by atoms with Crippen LogP contribution >= 0.6 is 11.6 Å². The third-order valence-electron chi connectivity index (χ3n) is 6.75. The van der Waals surface area contributed by atoms with E-state index < -0.39 is 29.6 Å². The molecule has 0 saturated carbocycles. The standard InChI is InChI=1S/C28H24ClF2N9O3/c1-28(2,3)43-27(42)34-21-9-6-17(24(30)33-21)26-35-23(25(31)36-26)20-8-5-16-10-14(11-22(41)40(16)20)18-12-15(29)4-7-19(18)39-13-32-37-38-39/h4,6-7,9-13,20H,5,8H2,1-3H3,(H,35,36)(H,33,34,42)/t20-/m1/s1. The van der Waals surface area contributed by atoms with Crippen LogP contribution in [-0.2, 0) is 11.2 Å². The molecule has 2 N–H and O–H groups in total. The Morgan fingerprint density at radius 1 is 1.09 bits per heavy atom. The number of pyridine rings is 2. The van der Waals surface area contributed by atoms with E-state index in [9.17, 15) is 14.0 Å². The lowest BCUT2D eigenvalue weighted by Crippen LogP contribution is -2.27. The Hall–Kier alpha value is -4.98. The Kier molecular flexibility index (Phi) is 7.00. The molecule has 1 amide bonds. The van der Waals surface area contributed by atoms with E-state index in [1.807, 2.05) is 6.07 Å². The van der Waals surface area contributed by atoms with Gasteiger partial charge in [0.15, 0.2) is 0 Å². The van der Waals surface area contributed by atoms with Crippen LogP contribution < -0.4 is 10.9 Å². The highest BCUT2D eigenvalue weighted by atomic mass is 35.5. The van der Waals surface area contributed by atoms with Crippen molar-refractivity contribution in [2.75, 3.05) is 5.32 Å². The average Bonchev–Trinajstić information content (AvgIpc) is 3.68. The van der Waals surface area contributed by atoms with E-state index >= 15 is 4.39 Å². The molecule has 6 rings (SSSR count). The fourth-order valence-corrected chi connectivity index (χ4v) is 5.21. The van der Waals surface area contributed by atoms with E-state index in [1.165, 1.54) is 33.8 Å². The minimum Gasteiger partial charge on any atom is -0.444 e. The van der Waals surface area contributed by atoms with Gasteiger partial charge in [0.2, 0.25) is 11.9 Å². The van der Waals surface area contributed by atoms with Gasteiger partial charge in [-0.15, -0.1) is 5.10 Å². The lowest BCUT2D eigenvalue weighted by Gasteiger charge is -2.19. The minimum absolute atomic E-state index is 0.0380. The van der Waals surface area contributed by atoms with Crippen LogP contribution in [0.15, 0.2) is 53.6 Å². The van der Waals surface area contributed by atoms with Gasteiger partial charge in [-0.1, -0.05) is 11.6 Å². The van der Waals surface area contributed by atoms with Gasteiger partial charge in [-0.2, -0.15) is 18.4 Å². The third kappa shape index (κ3) is 5.60. The number of nitrogens with zero attached hydrogens (tertiary/aromatic N) is 7. The Bertz CT molecular complexity index is 1920. The zero-order chi connectivity index (χ0) is 30.5. The SMILES string of the molecule is CC(C)(C)OC(=O)Nc1ccc(-c2nc(F)c([C@H]3CCc4cc(-c5cc(Cl)ccc5-n5cnnn5)cc(=O)n43)[nH]2)c(F)n1. The maximum Gasteiger partial charge on any atom is 0.413 e. The topological polar surface area (TPSA) is 146 Å². The van der Waals surface area contributed by atoms with Crippen LogP contribution in [0.3, 0.4) is 0 Å². The number of halogens is 3. The van der Waals surface area contributed by atoms with Crippen LogP contribution in [-0.4, -0.2) is 51.4 Å². The number of H-pyrrole nitrogens is 1. The number of hydrogen-bond acceptors (Lipinski definition) is 8. The van der Waals surface area contributed by atoms with Crippen molar-refractivity contribution in [3.05, 3.63) is 87.5 Å². The summed E-state index contributed by atoms with van der Waals surface area (Å²) >= 11 is 6.27. The van der Waals surface area contributed by atoms with Crippen LogP contribution in [0, 0.1) is 11.9 Å². The highest BCUT2D eigenvalue weighted by molar-refractivity contribution is 6.31. The number of rotatable bonds is 5. The summed E-state index contributed by atoms with van der Waals surface area (Å²) in [6, 6.07) is 10.4. The molecule has 1 atom stereocenters. The first kappa shape index (κ1) is 28.2. The van der Waals surface area contributed by atoms with Crippen LogP contribution in [0.5, 0.6) is 0 Å². The van der Waals surface area contributed by atoms with Gasteiger partial charge in [0, 0.05) is 22.3 Å². The number of tetrazole rings is 1. The number of carbonyl (C=O) groups excluding carboxylic acids is 1. The molecule has 4 aromatic heterocycles. The van der Waals surface area contributed by atoms with Gasteiger partial charge < -0.3 is 14.3 Å². The lowest BCUT2D eigenvalue weighted by atomic mass is 10.0. The Morgan fingerprint density at radius 2 is 1.91 bits per heavy atom. The van der Waals surface area contributed by atoms with Gasteiger partial charge in [-0.3, -0.25) is 10.1 Å². The number of imidazole rings is 1.